The van der Waals surface area contributed by atoms with Crippen molar-refractivity contribution in [1.29, 1.82) is 0 Å². The van der Waals surface area contributed by atoms with Crippen LogP contribution in [0.25, 0.3) is 5.69 Å². The van der Waals surface area contributed by atoms with Crippen molar-refractivity contribution in [3.8, 4) is 5.69 Å². The molecular formula is C23H22N2O3. The fourth-order valence-corrected chi connectivity index (χ4v) is 3.56. The molecule has 0 saturated heterocycles. The normalized spacial score (nSPS) is 13.6. The monoisotopic (exact) mass is 374 g/mol. The van der Waals surface area contributed by atoms with Crippen molar-refractivity contribution in [2.24, 2.45) is 0 Å². The molecule has 1 saturated carbocycles. The van der Waals surface area contributed by atoms with E-state index in [1.165, 1.54) is 13.5 Å². The third kappa shape index (κ3) is 3.43. The second kappa shape index (κ2) is 7.72. The van der Waals surface area contributed by atoms with Crippen molar-refractivity contribution >= 4 is 17.3 Å². The van der Waals surface area contributed by atoms with Crippen molar-refractivity contribution in [3.63, 3.8) is 0 Å². The maximum Gasteiger partial charge on any atom is 0.339 e. The molecule has 5 nitrogen and oxygen atoms in total. The number of pyridine rings is 1. The topological polar surface area (TPSA) is 60.3 Å². The molecule has 1 aliphatic carbocycles. The summed E-state index contributed by atoms with van der Waals surface area (Å²) in [6, 6.07) is 20.4. The Labute approximate surface area is 163 Å². The highest BCUT2D eigenvalue weighted by Gasteiger charge is 2.24. The van der Waals surface area contributed by atoms with Gasteiger partial charge in [-0.2, -0.15) is 0 Å². The molecule has 5 heteroatoms. The van der Waals surface area contributed by atoms with Crippen molar-refractivity contribution < 1.29 is 9.53 Å². The highest BCUT2D eigenvalue weighted by atomic mass is 16.5. The van der Waals surface area contributed by atoms with Crippen LogP contribution < -0.4 is 10.9 Å². The predicted octanol–water partition coefficient (Wildman–Crippen LogP) is 4.64. The Morgan fingerprint density at radius 3 is 2.43 bits per heavy atom. The van der Waals surface area contributed by atoms with E-state index in [-0.39, 0.29) is 5.56 Å². The van der Waals surface area contributed by atoms with E-state index in [1.54, 1.807) is 28.8 Å². The molecule has 4 rings (SSSR count). The first-order valence-corrected chi connectivity index (χ1v) is 9.44. The number of ether oxygens (including phenoxy) is 1. The lowest BCUT2D eigenvalue weighted by molar-refractivity contribution is 0.0602. The first kappa shape index (κ1) is 18.0. The molecule has 3 aromatic rings. The Bertz CT molecular complexity index is 1050. The fourth-order valence-electron chi connectivity index (χ4n) is 3.56. The molecule has 0 radical (unpaired) electrons. The van der Waals surface area contributed by atoms with E-state index in [0.717, 1.165) is 24.2 Å². The zero-order chi connectivity index (χ0) is 19.5. The van der Waals surface area contributed by atoms with E-state index in [2.05, 4.69) is 5.32 Å². The van der Waals surface area contributed by atoms with Gasteiger partial charge in [-0.05, 0) is 49.1 Å². The van der Waals surface area contributed by atoms with Gasteiger partial charge in [0, 0.05) is 23.1 Å². The second-order valence-corrected chi connectivity index (χ2v) is 6.97. The maximum atomic E-state index is 13.0. The Kier molecular flexibility index (Phi) is 4.98. The Morgan fingerprint density at radius 2 is 1.75 bits per heavy atom. The first-order valence-electron chi connectivity index (χ1n) is 9.44. The smallest absolute Gasteiger partial charge is 0.339 e. The van der Waals surface area contributed by atoms with E-state index in [4.69, 9.17) is 4.74 Å². The molecule has 1 aliphatic rings. The van der Waals surface area contributed by atoms with Gasteiger partial charge in [0.15, 0.2) is 0 Å². The van der Waals surface area contributed by atoms with Crippen molar-refractivity contribution in [1.82, 2.24) is 4.57 Å². The largest absolute Gasteiger partial charge is 0.465 e. The Hall–Kier alpha value is -3.34. The van der Waals surface area contributed by atoms with Gasteiger partial charge in [0.1, 0.15) is 0 Å². The van der Waals surface area contributed by atoms with Crippen LogP contribution in [0.3, 0.4) is 0 Å². The summed E-state index contributed by atoms with van der Waals surface area (Å²) in [5.41, 5.74) is 3.51. The van der Waals surface area contributed by atoms with Gasteiger partial charge in [0.25, 0.3) is 5.56 Å². The molecule has 0 atom stereocenters. The van der Waals surface area contributed by atoms with E-state index in [9.17, 15) is 9.59 Å². The fraction of sp³-hybridized carbons (Fsp3) is 0.217. The minimum atomic E-state index is -0.417. The van der Waals surface area contributed by atoms with Gasteiger partial charge in [-0.3, -0.25) is 9.36 Å². The second-order valence-electron chi connectivity index (χ2n) is 6.97. The lowest BCUT2D eigenvalue weighted by Gasteiger charge is -2.29. The quantitative estimate of drug-likeness (QED) is 0.661. The lowest BCUT2D eigenvalue weighted by Crippen LogP contribution is -2.25. The molecule has 2 aromatic carbocycles. The molecular weight excluding hydrogens is 352 g/mol. The van der Waals surface area contributed by atoms with E-state index in [1.807, 2.05) is 42.5 Å². The van der Waals surface area contributed by atoms with E-state index >= 15 is 0 Å². The lowest BCUT2D eigenvalue weighted by atomic mass is 9.82. The van der Waals surface area contributed by atoms with Gasteiger partial charge in [-0.15, -0.1) is 0 Å². The van der Waals surface area contributed by atoms with Gasteiger partial charge in [0.05, 0.1) is 18.4 Å². The molecule has 0 bridgehead atoms. The van der Waals surface area contributed by atoms with Gasteiger partial charge in [-0.1, -0.05) is 36.8 Å². The summed E-state index contributed by atoms with van der Waals surface area (Å²) in [5.74, 6) is -0.0505. The third-order valence-corrected chi connectivity index (χ3v) is 5.21. The number of aromatic nitrogens is 1. The first-order chi connectivity index (χ1) is 13.7. The number of carbonyl (C=O) groups is 1. The van der Waals surface area contributed by atoms with Crippen LogP contribution in [0.2, 0.25) is 0 Å². The number of carbonyl (C=O) groups excluding carboxylic acids is 1. The van der Waals surface area contributed by atoms with Crippen LogP contribution in [0.15, 0.2) is 71.5 Å². The molecule has 1 fully saturated rings. The third-order valence-electron chi connectivity index (χ3n) is 5.21. The summed E-state index contributed by atoms with van der Waals surface area (Å²) in [6.45, 7) is 0. The summed E-state index contributed by atoms with van der Waals surface area (Å²) in [4.78, 5) is 25.0. The molecule has 28 heavy (non-hydrogen) atoms. The highest BCUT2D eigenvalue weighted by Crippen LogP contribution is 2.37. The van der Waals surface area contributed by atoms with Crippen molar-refractivity contribution in [2.75, 3.05) is 12.4 Å². The molecule has 142 valence electrons. The van der Waals surface area contributed by atoms with Crippen LogP contribution in [-0.4, -0.2) is 17.6 Å². The average molecular weight is 374 g/mol. The number of nitrogens with zero attached hydrogens (tertiary/aromatic N) is 1. The number of hydrogen-bond acceptors (Lipinski definition) is 4. The molecule has 0 amide bonds. The van der Waals surface area contributed by atoms with Crippen LogP contribution in [-0.2, 0) is 4.74 Å². The van der Waals surface area contributed by atoms with Crippen molar-refractivity contribution in [2.45, 2.75) is 25.2 Å². The van der Waals surface area contributed by atoms with Crippen LogP contribution in [0, 0.1) is 0 Å². The molecule has 0 unspecified atom stereocenters. The Morgan fingerprint density at radius 1 is 1.04 bits per heavy atom. The van der Waals surface area contributed by atoms with Crippen LogP contribution in [0.4, 0.5) is 11.4 Å². The molecule has 0 aliphatic heterocycles. The summed E-state index contributed by atoms with van der Waals surface area (Å²) in [6.07, 6.45) is 3.33. The maximum absolute atomic E-state index is 13.0. The number of nitrogens with one attached hydrogen (secondary N) is 1. The molecule has 1 aromatic heterocycles. The molecule has 0 spiro atoms. The number of benzene rings is 2. The molecule has 1 heterocycles. The van der Waals surface area contributed by atoms with E-state index in [0.29, 0.717) is 22.9 Å². The van der Waals surface area contributed by atoms with Gasteiger partial charge in [-0.25, -0.2) is 4.79 Å². The zero-order valence-corrected chi connectivity index (χ0v) is 15.7. The van der Waals surface area contributed by atoms with Gasteiger partial charge >= 0.3 is 5.97 Å². The number of rotatable bonds is 5. The summed E-state index contributed by atoms with van der Waals surface area (Å²) >= 11 is 0. The predicted molar refractivity (Wildman–Crippen MR) is 110 cm³/mol. The summed E-state index contributed by atoms with van der Waals surface area (Å²) in [5, 5.41) is 3.24. The standard InChI is InChI=1S/C23H22N2O3/c1-28-23(27)19-12-5-6-13-20(19)24-17-14-21(16-8-7-9-16)25(22(26)15-17)18-10-3-2-4-11-18/h2-6,10-16,24H,7-9H2,1H3. The number of anilines is 2. The van der Waals surface area contributed by atoms with Gasteiger partial charge < -0.3 is 10.1 Å². The number of para-hydroxylation sites is 2. The minimum Gasteiger partial charge on any atom is -0.465 e. The summed E-state index contributed by atoms with van der Waals surface area (Å²) < 4.78 is 6.65. The number of esters is 1. The Balaban J connectivity index is 1.77. The van der Waals surface area contributed by atoms with E-state index < -0.39 is 5.97 Å². The zero-order valence-electron chi connectivity index (χ0n) is 15.7. The minimum absolute atomic E-state index is 0.0892. The average Bonchev–Trinajstić information content (AvgIpc) is 2.67. The van der Waals surface area contributed by atoms with Crippen molar-refractivity contribution in [3.05, 3.63) is 88.3 Å². The van der Waals surface area contributed by atoms with Crippen LogP contribution in [0.5, 0.6) is 0 Å². The number of methoxy groups -OCH3 is 1. The highest BCUT2D eigenvalue weighted by molar-refractivity contribution is 5.96. The van der Waals surface area contributed by atoms with Crippen LogP contribution in [0.1, 0.15) is 41.2 Å². The van der Waals surface area contributed by atoms with Crippen LogP contribution >= 0.6 is 0 Å². The summed E-state index contributed by atoms with van der Waals surface area (Å²) in [7, 11) is 1.36. The molecule has 1 N–H and O–H groups in total. The van der Waals surface area contributed by atoms with Gasteiger partial charge in [0.2, 0.25) is 0 Å². The number of hydrogen-bond donors (Lipinski definition) is 1. The SMILES string of the molecule is COC(=O)c1ccccc1Nc1cc(C2CCC2)n(-c2ccccc2)c(=O)c1.